The highest BCUT2D eigenvalue weighted by Crippen LogP contribution is 2.24. The number of aryl methyl sites for hydroxylation is 2. The molecule has 3 rings (SSSR count). The lowest BCUT2D eigenvalue weighted by Crippen LogP contribution is -2.42. The maximum Gasteiger partial charge on any atom is 0.0236 e. The van der Waals surface area contributed by atoms with Crippen LogP contribution in [0.5, 0.6) is 0 Å². The molecule has 2 nitrogen and oxygen atoms in total. The summed E-state index contributed by atoms with van der Waals surface area (Å²) in [5.41, 5.74) is 4.72. The van der Waals surface area contributed by atoms with Gasteiger partial charge in [0.25, 0.3) is 0 Å². The van der Waals surface area contributed by atoms with Crippen LogP contribution in [0.3, 0.4) is 0 Å². The van der Waals surface area contributed by atoms with Crippen molar-refractivity contribution in [2.45, 2.75) is 51.6 Å². The average molecular weight is 258 g/mol. The van der Waals surface area contributed by atoms with Gasteiger partial charge in [-0.25, -0.2) is 0 Å². The fraction of sp³-hybridized carbons (Fsp3) is 0.647. The maximum absolute atomic E-state index is 3.46. The summed E-state index contributed by atoms with van der Waals surface area (Å²) < 4.78 is 0. The molecule has 1 aliphatic carbocycles. The molecule has 0 bridgehead atoms. The summed E-state index contributed by atoms with van der Waals surface area (Å²) in [4.78, 5) is 2.66. The van der Waals surface area contributed by atoms with Crippen molar-refractivity contribution in [3.8, 4) is 0 Å². The maximum atomic E-state index is 3.46. The van der Waals surface area contributed by atoms with Crippen LogP contribution in [-0.4, -0.2) is 30.6 Å². The van der Waals surface area contributed by atoms with Gasteiger partial charge in [0, 0.05) is 12.6 Å². The van der Waals surface area contributed by atoms with Crippen molar-refractivity contribution < 1.29 is 0 Å². The standard InChI is InChI=1S/C17H26N2/c1-2-19(17-8-10-18-11-9-17)13-14-6-7-15-4-3-5-16(15)12-14/h6-7,12,17-18H,2-5,8-11,13H2,1H3. The zero-order valence-corrected chi connectivity index (χ0v) is 12.1. The Labute approximate surface area is 117 Å². The molecular formula is C17H26N2. The van der Waals surface area contributed by atoms with E-state index in [4.69, 9.17) is 0 Å². The minimum absolute atomic E-state index is 0.777. The lowest BCUT2D eigenvalue weighted by Gasteiger charge is -2.34. The van der Waals surface area contributed by atoms with Crippen molar-refractivity contribution in [1.82, 2.24) is 10.2 Å². The summed E-state index contributed by atoms with van der Waals surface area (Å²) in [5.74, 6) is 0. The predicted octanol–water partition coefficient (Wildman–Crippen LogP) is 2.75. The molecule has 0 saturated carbocycles. The number of benzene rings is 1. The van der Waals surface area contributed by atoms with Gasteiger partial charge < -0.3 is 5.32 Å². The second kappa shape index (κ2) is 6.06. The molecule has 1 aromatic rings. The van der Waals surface area contributed by atoms with Crippen LogP contribution < -0.4 is 5.32 Å². The van der Waals surface area contributed by atoms with Crippen LogP contribution in [0, 0.1) is 0 Å². The van der Waals surface area contributed by atoms with Crippen LogP contribution in [0.15, 0.2) is 18.2 Å². The Bertz CT molecular complexity index is 421. The van der Waals surface area contributed by atoms with E-state index in [-0.39, 0.29) is 0 Å². The average Bonchev–Trinajstić information content (AvgIpc) is 2.93. The second-order valence-corrected chi connectivity index (χ2v) is 6.00. The Morgan fingerprint density at radius 3 is 2.74 bits per heavy atom. The normalized spacial score (nSPS) is 19.9. The van der Waals surface area contributed by atoms with E-state index in [2.05, 4.69) is 35.3 Å². The van der Waals surface area contributed by atoms with Gasteiger partial charge in [0.2, 0.25) is 0 Å². The highest BCUT2D eigenvalue weighted by molar-refractivity contribution is 5.35. The summed E-state index contributed by atoms with van der Waals surface area (Å²) in [6.45, 7) is 6.97. The number of fused-ring (bicyclic) bond motifs is 1. The van der Waals surface area contributed by atoms with Gasteiger partial charge in [0.15, 0.2) is 0 Å². The highest BCUT2D eigenvalue weighted by atomic mass is 15.2. The van der Waals surface area contributed by atoms with Crippen molar-refractivity contribution >= 4 is 0 Å². The molecule has 1 fully saturated rings. The van der Waals surface area contributed by atoms with E-state index in [1.165, 1.54) is 57.3 Å². The third-order valence-corrected chi connectivity index (χ3v) is 4.78. The van der Waals surface area contributed by atoms with Gasteiger partial charge in [-0.15, -0.1) is 0 Å². The molecule has 0 amide bonds. The number of hydrogen-bond acceptors (Lipinski definition) is 2. The molecule has 1 saturated heterocycles. The zero-order valence-electron chi connectivity index (χ0n) is 12.1. The van der Waals surface area contributed by atoms with Crippen LogP contribution in [-0.2, 0) is 19.4 Å². The molecule has 0 unspecified atom stereocenters. The zero-order chi connectivity index (χ0) is 13.1. The van der Waals surface area contributed by atoms with Gasteiger partial charge in [-0.3, -0.25) is 4.90 Å². The molecule has 1 aliphatic heterocycles. The lowest BCUT2D eigenvalue weighted by atomic mass is 10.0. The van der Waals surface area contributed by atoms with Crippen molar-refractivity contribution in [2.75, 3.05) is 19.6 Å². The summed E-state index contributed by atoms with van der Waals surface area (Å²) in [6, 6.07) is 7.97. The van der Waals surface area contributed by atoms with E-state index in [9.17, 15) is 0 Å². The SMILES string of the molecule is CCN(Cc1ccc2c(c1)CCC2)C1CCNCC1. The van der Waals surface area contributed by atoms with Crippen LogP contribution in [0.4, 0.5) is 0 Å². The van der Waals surface area contributed by atoms with Crippen molar-refractivity contribution in [2.24, 2.45) is 0 Å². The minimum atomic E-state index is 0.777. The molecule has 1 aromatic carbocycles. The van der Waals surface area contributed by atoms with E-state index in [0.717, 1.165) is 12.6 Å². The number of hydrogen-bond donors (Lipinski definition) is 1. The summed E-state index contributed by atoms with van der Waals surface area (Å²) >= 11 is 0. The Morgan fingerprint density at radius 2 is 1.95 bits per heavy atom. The van der Waals surface area contributed by atoms with Gasteiger partial charge in [-0.1, -0.05) is 25.1 Å². The summed E-state index contributed by atoms with van der Waals surface area (Å²) in [7, 11) is 0. The van der Waals surface area contributed by atoms with Gasteiger partial charge in [0.1, 0.15) is 0 Å². The second-order valence-electron chi connectivity index (χ2n) is 6.00. The van der Waals surface area contributed by atoms with Crippen molar-refractivity contribution in [3.05, 3.63) is 34.9 Å². The number of rotatable bonds is 4. The van der Waals surface area contributed by atoms with Crippen LogP contribution in [0.1, 0.15) is 42.9 Å². The summed E-state index contributed by atoms with van der Waals surface area (Å²) in [5, 5.41) is 3.46. The molecule has 0 spiro atoms. The van der Waals surface area contributed by atoms with Gasteiger partial charge in [-0.2, -0.15) is 0 Å². The molecule has 1 heterocycles. The molecule has 2 aliphatic rings. The van der Waals surface area contributed by atoms with E-state index in [1.54, 1.807) is 11.1 Å². The monoisotopic (exact) mass is 258 g/mol. The molecule has 0 radical (unpaired) electrons. The Balaban J connectivity index is 1.68. The smallest absolute Gasteiger partial charge is 0.0236 e. The van der Waals surface area contributed by atoms with E-state index in [1.807, 2.05) is 0 Å². The first-order valence-corrected chi connectivity index (χ1v) is 7.92. The van der Waals surface area contributed by atoms with E-state index >= 15 is 0 Å². The summed E-state index contributed by atoms with van der Waals surface area (Å²) in [6.07, 6.45) is 6.55. The molecular weight excluding hydrogens is 232 g/mol. The van der Waals surface area contributed by atoms with Crippen LogP contribution >= 0.6 is 0 Å². The third kappa shape index (κ3) is 3.01. The first-order chi connectivity index (χ1) is 9.36. The third-order valence-electron chi connectivity index (χ3n) is 4.78. The molecule has 19 heavy (non-hydrogen) atoms. The van der Waals surface area contributed by atoms with Crippen LogP contribution in [0.2, 0.25) is 0 Å². The number of nitrogens with zero attached hydrogens (tertiary/aromatic N) is 1. The Hall–Kier alpha value is -0.860. The molecule has 104 valence electrons. The van der Waals surface area contributed by atoms with Gasteiger partial charge in [0.05, 0.1) is 0 Å². The fourth-order valence-corrected chi connectivity index (χ4v) is 3.63. The first-order valence-electron chi connectivity index (χ1n) is 7.92. The molecule has 2 heteroatoms. The topological polar surface area (TPSA) is 15.3 Å². The van der Waals surface area contributed by atoms with Gasteiger partial charge in [-0.05, 0) is 68.4 Å². The number of nitrogens with one attached hydrogen (secondary N) is 1. The number of piperidine rings is 1. The Morgan fingerprint density at radius 1 is 1.16 bits per heavy atom. The van der Waals surface area contributed by atoms with E-state index < -0.39 is 0 Å². The predicted molar refractivity (Wildman–Crippen MR) is 80.4 cm³/mol. The van der Waals surface area contributed by atoms with E-state index in [0.29, 0.717) is 0 Å². The minimum Gasteiger partial charge on any atom is -0.317 e. The van der Waals surface area contributed by atoms with Crippen molar-refractivity contribution in [1.29, 1.82) is 0 Å². The van der Waals surface area contributed by atoms with Crippen molar-refractivity contribution in [3.63, 3.8) is 0 Å². The lowest BCUT2D eigenvalue weighted by molar-refractivity contribution is 0.162. The first kappa shape index (κ1) is 13.1. The highest BCUT2D eigenvalue weighted by Gasteiger charge is 2.20. The molecule has 0 aromatic heterocycles. The quantitative estimate of drug-likeness (QED) is 0.893. The largest absolute Gasteiger partial charge is 0.317 e. The molecule has 1 N–H and O–H groups in total. The van der Waals surface area contributed by atoms with Crippen LogP contribution in [0.25, 0.3) is 0 Å². The molecule has 0 atom stereocenters. The fourth-order valence-electron chi connectivity index (χ4n) is 3.63. The van der Waals surface area contributed by atoms with Gasteiger partial charge >= 0.3 is 0 Å². The Kier molecular flexibility index (Phi) is 4.19.